The number of sulfone groups is 1. The van der Waals surface area contributed by atoms with Gasteiger partial charge in [-0.25, -0.2) is 8.42 Å². The van der Waals surface area contributed by atoms with Crippen LogP contribution in [0.2, 0.25) is 0 Å². The molecule has 0 radical (unpaired) electrons. The van der Waals surface area contributed by atoms with Gasteiger partial charge in [0.1, 0.15) is 5.00 Å². The highest BCUT2D eigenvalue weighted by Crippen LogP contribution is 2.44. The number of carbonyl (C=O) groups excluding carboxylic acids is 2. The minimum Gasteiger partial charge on any atom is -0.348 e. The van der Waals surface area contributed by atoms with E-state index in [4.69, 9.17) is 0 Å². The van der Waals surface area contributed by atoms with Crippen molar-refractivity contribution in [3.8, 4) is 0 Å². The number of fused-ring (bicyclic) bond motifs is 1. The Hall–Kier alpha value is -2.19. The maximum atomic E-state index is 13.4. The van der Waals surface area contributed by atoms with Crippen LogP contribution in [0.25, 0.3) is 0 Å². The van der Waals surface area contributed by atoms with Gasteiger partial charge in [-0.3, -0.25) is 9.59 Å². The van der Waals surface area contributed by atoms with Crippen molar-refractivity contribution >= 4 is 38.0 Å². The molecule has 2 heterocycles. The molecule has 0 saturated carbocycles. The van der Waals surface area contributed by atoms with Crippen LogP contribution in [0.3, 0.4) is 0 Å². The van der Waals surface area contributed by atoms with Crippen molar-refractivity contribution in [2.75, 3.05) is 16.8 Å². The minimum absolute atomic E-state index is 0.0256. The van der Waals surface area contributed by atoms with Gasteiger partial charge in [-0.2, -0.15) is 0 Å². The zero-order valence-corrected chi connectivity index (χ0v) is 21.3. The molecule has 8 heteroatoms. The third kappa shape index (κ3) is 5.32. The predicted molar refractivity (Wildman–Crippen MR) is 133 cm³/mol. The molecular formula is C25H32N2O4S2. The highest BCUT2D eigenvalue weighted by molar-refractivity contribution is 7.91. The van der Waals surface area contributed by atoms with Gasteiger partial charge in [0.15, 0.2) is 9.84 Å². The van der Waals surface area contributed by atoms with Crippen LogP contribution in [-0.2, 0) is 22.7 Å². The SMILES string of the molecule is Cc1ccc(C(=O)Nc2sc3c(c2C(=O)NC2CCS(=O)(=O)C2)CCC(C(C)(C)C)C3)cc1. The number of hydrogen-bond donors (Lipinski definition) is 2. The quantitative estimate of drug-likeness (QED) is 0.668. The maximum absolute atomic E-state index is 13.4. The highest BCUT2D eigenvalue weighted by atomic mass is 32.2. The monoisotopic (exact) mass is 488 g/mol. The molecule has 2 N–H and O–H groups in total. The fraction of sp³-hybridized carbons (Fsp3) is 0.520. The van der Waals surface area contributed by atoms with Crippen LogP contribution in [0.1, 0.15) is 70.3 Å². The van der Waals surface area contributed by atoms with E-state index in [-0.39, 0.29) is 34.8 Å². The molecule has 33 heavy (non-hydrogen) atoms. The number of rotatable bonds is 4. The van der Waals surface area contributed by atoms with Crippen LogP contribution in [0.4, 0.5) is 5.00 Å². The second-order valence-electron chi connectivity index (χ2n) is 10.4. The number of benzene rings is 1. The van der Waals surface area contributed by atoms with Crippen LogP contribution in [0.15, 0.2) is 24.3 Å². The predicted octanol–water partition coefficient (Wildman–Crippen LogP) is 4.38. The minimum atomic E-state index is -3.10. The molecule has 2 atom stereocenters. The van der Waals surface area contributed by atoms with Crippen molar-refractivity contribution < 1.29 is 18.0 Å². The Labute approximate surface area is 200 Å². The van der Waals surface area contributed by atoms with Crippen molar-refractivity contribution in [3.05, 3.63) is 51.4 Å². The summed E-state index contributed by atoms with van der Waals surface area (Å²) in [6.07, 6.45) is 3.07. The first-order valence-electron chi connectivity index (χ1n) is 11.5. The summed E-state index contributed by atoms with van der Waals surface area (Å²) in [6.45, 7) is 8.69. The molecule has 1 aromatic heterocycles. The smallest absolute Gasteiger partial charge is 0.256 e. The molecule has 1 fully saturated rings. The van der Waals surface area contributed by atoms with E-state index in [9.17, 15) is 18.0 Å². The molecule has 1 aliphatic heterocycles. The standard InChI is InChI=1S/C25H32N2O4S2/c1-15-5-7-16(8-6-15)22(28)27-24-21(23(29)26-18-11-12-33(30,31)14-18)19-10-9-17(25(2,3)4)13-20(19)32-24/h5-8,17-18H,9-14H2,1-4H3,(H,26,29)(H,27,28). The van der Waals surface area contributed by atoms with Crippen LogP contribution in [0, 0.1) is 18.3 Å². The first-order chi connectivity index (χ1) is 15.4. The highest BCUT2D eigenvalue weighted by Gasteiger charge is 2.36. The number of hydrogen-bond acceptors (Lipinski definition) is 5. The molecule has 0 bridgehead atoms. The molecule has 1 aromatic carbocycles. The lowest BCUT2D eigenvalue weighted by molar-refractivity contribution is 0.0941. The molecule has 2 aliphatic rings. The first-order valence-corrected chi connectivity index (χ1v) is 14.1. The van der Waals surface area contributed by atoms with Gasteiger partial charge in [0, 0.05) is 16.5 Å². The number of anilines is 1. The van der Waals surface area contributed by atoms with E-state index >= 15 is 0 Å². The van der Waals surface area contributed by atoms with Crippen LogP contribution < -0.4 is 10.6 Å². The largest absolute Gasteiger partial charge is 0.348 e. The van der Waals surface area contributed by atoms with Crippen molar-refractivity contribution in [1.29, 1.82) is 0 Å². The van der Waals surface area contributed by atoms with Gasteiger partial charge in [-0.1, -0.05) is 38.5 Å². The number of aryl methyl sites for hydroxylation is 1. The van der Waals surface area contributed by atoms with Crippen molar-refractivity contribution in [2.24, 2.45) is 11.3 Å². The molecule has 6 nitrogen and oxygen atoms in total. The van der Waals surface area contributed by atoms with E-state index in [1.807, 2.05) is 19.1 Å². The lowest BCUT2D eigenvalue weighted by Crippen LogP contribution is -2.36. The van der Waals surface area contributed by atoms with Crippen molar-refractivity contribution in [3.63, 3.8) is 0 Å². The third-order valence-corrected chi connectivity index (χ3v) is 9.76. The molecule has 4 rings (SSSR count). The van der Waals surface area contributed by atoms with Gasteiger partial charge >= 0.3 is 0 Å². The van der Waals surface area contributed by atoms with E-state index < -0.39 is 9.84 Å². The summed E-state index contributed by atoms with van der Waals surface area (Å²) in [5.41, 5.74) is 3.27. The first kappa shape index (κ1) is 24.0. The van der Waals surface area contributed by atoms with Gasteiger partial charge in [0.2, 0.25) is 0 Å². The van der Waals surface area contributed by atoms with Crippen molar-refractivity contribution in [1.82, 2.24) is 5.32 Å². The number of nitrogens with one attached hydrogen (secondary N) is 2. The zero-order chi connectivity index (χ0) is 24.0. The molecule has 2 unspecified atom stereocenters. The Morgan fingerprint density at radius 1 is 1.06 bits per heavy atom. The van der Waals surface area contributed by atoms with E-state index in [1.165, 1.54) is 11.3 Å². The van der Waals surface area contributed by atoms with Crippen LogP contribution in [0.5, 0.6) is 0 Å². The Morgan fingerprint density at radius 2 is 1.76 bits per heavy atom. The topological polar surface area (TPSA) is 92.3 Å². The number of thiophene rings is 1. The second kappa shape index (κ2) is 8.87. The van der Waals surface area contributed by atoms with Gasteiger partial charge in [0.05, 0.1) is 17.1 Å². The summed E-state index contributed by atoms with van der Waals surface area (Å²) in [7, 11) is -3.10. The summed E-state index contributed by atoms with van der Waals surface area (Å²) in [6, 6.07) is 6.94. The van der Waals surface area contributed by atoms with E-state index in [1.54, 1.807) is 12.1 Å². The van der Waals surface area contributed by atoms with Gasteiger partial charge < -0.3 is 10.6 Å². The second-order valence-corrected chi connectivity index (χ2v) is 13.7. The summed E-state index contributed by atoms with van der Waals surface area (Å²) >= 11 is 1.48. The summed E-state index contributed by atoms with van der Waals surface area (Å²) in [4.78, 5) is 27.5. The van der Waals surface area contributed by atoms with E-state index in [0.29, 0.717) is 28.5 Å². The Balaban J connectivity index is 1.64. The number of amides is 2. The fourth-order valence-electron chi connectivity index (χ4n) is 4.70. The summed E-state index contributed by atoms with van der Waals surface area (Å²) < 4.78 is 23.7. The van der Waals surface area contributed by atoms with Crippen molar-refractivity contribution in [2.45, 2.75) is 59.4 Å². The maximum Gasteiger partial charge on any atom is 0.256 e. The van der Waals surface area contributed by atoms with Crippen LogP contribution in [-0.4, -0.2) is 37.8 Å². The number of carbonyl (C=O) groups is 2. The van der Waals surface area contributed by atoms with E-state index in [0.717, 1.165) is 35.3 Å². The van der Waals surface area contributed by atoms with Gasteiger partial charge in [-0.15, -0.1) is 11.3 Å². The van der Waals surface area contributed by atoms with Gasteiger partial charge in [-0.05, 0) is 61.6 Å². The lowest BCUT2D eigenvalue weighted by atomic mass is 9.72. The van der Waals surface area contributed by atoms with E-state index in [2.05, 4.69) is 31.4 Å². The Bertz CT molecular complexity index is 1170. The van der Waals surface area contributed by atoms with Crippen LogP contribution >= 0.6 is 11.3 Å². The molecule has 1 aliphatic carbocycles. The lowest BCUT2D eigenvalue weighted by Gasteiger charge is -2.33. The molecule has 1 saturated heterocycles. The Kier molecular flexibility index (Phi) is 6.44. The van der Waals surface area contributed by atoms with Gasteiger partial charge in [0.25, 0.3) is 11.8 Å². The molecular weight excluding hydrogens is 456 g/mol. The summed E-state index contributed by atoms with van der Waals surface area (Å²) in [5.74, 6) is 0.0355. The molecule has 2 aromatic rings. The Morgan fingerprint density at radius 3 is 2.36 bits per heavy atom. The molecule has 2 amide bonds. The molecule has 0 spiro atoms. The normalized spacial score (nSPS) is 21.9. The summed E-state index contributed by atoms with van der Waals surface area (Å²) in [5, 5.41) is 6.46. The zero-order valence-electron chi connectivity index (χ0n) is 19.7. The fourth-order valence-corrected chi connectivity index (χ4v) is 7.69. The average molecular weight is 489 g/mol. The molecule has 178 valence electrons. The average Bonchev–Trinajstić information content (AvgIpc) is 3.25. The third-order valence-electron chi connectivity index (χ3n) is 6.83.